The summed E-state index contributed by atoms with van der Waals surface area (Å²) < 4.78 is 8.26. The average molecular weight is 298 g/mol. The zero-order valence-electron chi connectivity index (χ0n) is 12.2. The maximum Gasteiger partial charge on any atom is 0.100 e. The van der Waals surface area contributed by atoms with Crippen molar-refractivity contribution in [3.05, 3.63) is 11.9 Å². The standard InChI is InChI=1S/C15H24ClN3O/c1-2-13(16)14-11-19(18-17-14)10-12-6-9-15(20-12)7-4-3-5-8-15/h11-13H,2-10H2,1H3. The third kappa shape index (κ3) is 3.01. The van der Waals surface area contributed by atoms with Crippen molar-refractivity contribution >= 4 is 11.6 Å². The van der Waals surface area contributed by atoms with Gasteiger partial charge in [0.25, 0.3) is 0 Å². The number of ether oxygens (including phenoxy) is 1. The number of aromatic nitrogens is 3. The van der Waals surface area contributed by atoms with Crippen LogP contribution < -0.4 is 0 Å². The van der Waals surface area contributed by atoms with E-state index in [1.165, 1.54) is 38.5 Å². The van der Waals surface area contributed by atoms with Gasteiger partial charge >= 0.3 is 0 Å². The van der Waals surface area contributed by atoms with Crippen LogP contribution in [0, 0.1) is 0 Å². The van der Waals surface area contributed by atoms with E-state index in [9.17, 15) is 0 Å². The van der Waals surface area contributed by atoms with Gasteiger partial charge in [-0.3, -0.25) is 0 Å². The molecule has 0 radical (unpaired) electrons. The molecule has 1 aromatic rings. The Kier molecular flexibility index (Phi) is 4.32. The van der Waals surface area contributed by atoms with Crippen LogP contribution in [0.2, 0.25) is 0 Å². The third-order valence-corrected chi connectivity index (χ3v) is 5.26. The first-order chi connectivity index (χ1) is 9.71. The van der Waals surface area contributed by atoms with Crippen LogP contribution in [0.15, 0.2) is 6.20 Å². The smallest absolute Gasteiger partial charge is 0.100 e. The van der Waals surface area contributed by atoms with E-state index >= 15 is 0 Å². The number of halogens is 1. The maximum atomic E-state index is 6.37. The van der Waals surface area contributed by atoms with Gasteiger partial charge in [-0.05, 0) is 32.1 Å². The van der Waals surface area contributed by atoms with E-state index in [-0.39, 0.29) is 17.1 Å². The summed E-state index contributed by atoms with van der Waals surface area (Å²) >= 11 is 6.19. The SMILES string of the molecule is CCC(Cl)c1cn(CC2CCC3(CCCCC3)O2)nn1. The molecule has 1 saturated carbocycles. The van der Waals surface area contributed by atoms with Crippen LogP contribution in [-0.2, 0) is 11.3 Å². The molecule has 2 heterocycles. The molecule has 1 aliphatic heterocycles. The van der Waals surface area contributed by atoms with Crippen molar-refractivity contribution < 1.29 is 4.74 Å². The lowest BCUT2D eigenvalue weighted by Gasteiger charge is -2.33. The van der Waals surface area contributed by atoms with Gasteiger partial charge in [0.05, 0.1) is 29.8 Å². The lowest BCUT2D eigenvalue weighted by Crippen LogP contribution is -2.32. The number of alkyl halides is 1. The van der Waals surface area contributed by atoms with E-state index in [1.807, 2.05) is 10.9 Å². The first-order valence-electron chi connectivity index (χ1n) is 7.93. The van der Waals surface area contributed by atoms with Crippen LogP contribution in [0.1, 0.15) is 69.4 Å². The molecule has 2 unspecified atom stereocenters. The molecule has 2 fully saturated rings. The summed E-state index contributed by atoms with van der Waals surface area (Å²) in [4.78, 5) is 0. The van der Waals surface area contributed by atoms with E-state index in [0.29, 0.717) is 0 Å². The Bertz CT molecular complexity index is 442. The Labute approximate surface area is 125 Å². The Morgan fingerprint density at radius 3 is 2.95 bits per heavy atom. The number of nitrogens with zero attached hydrogens (tertiary/aromatic N) is 3. The van der Waals surface area contributed by atoms with E-state index < -0.39 is 0 Å². The summed E-state index contributed by atoms with van der Waals surface area (Å²) in [6, 6.07) is 0. The fourth-order valence-corrected chi connectivity index (χ4v) is 3.65. The quantitative estimate of drug-likeness (QED) is 0.793. The minimum Gasteiger partial charge on any atom is -0.370 e. The predicted octanol–water partition coefficient (Wildman–Crippen LogP) is 3.85. The van der Waals surface area contributed by atoms with Crippen LogP contribution in [0.4, 0.5) is 0 Å². The second-order valence-electron chi connectivity index (χ2n) is 6.26. The van der Waals surface area contributed by atoms with Gasteiger partial charge in [0, 0.05) is 0 Å². The molecule has 20 heavy (non-hydrogen) atoms. The molecule has 1 aromatic heterocycles. The third-order valence-electron chi connectivity index (χ3n) is 4.73. The second-order valence-corrected chi connectivity index (χ2v) is 6.79. The van der Waals surface area contributed by atoms with Gasteiger partial charge in [-0.15, -0.1) is 16.7 Å². The molecule has 0 aromatic carbocycles. The normalized spacial score (nSPS) is 27.0. The number of hydrogen-bond acceptors (Lipinski definition) is 3. The van der Waals surface area contributed by atoms with Gasteiger partial charge < -0.3 is 4.74 Å². The highest BCUT2D eigenvalue weighted by Gasteiger charge is 2.40. The van der Waals surface area contributed by atoms with Gasteiger partial charge in [-0.2, -0.15) is 0 Å². The van der Waals surface area contributed by atoms with Crippen LogP contribution >= 0.6 is 11.6 Å². The number of rotatable bonds is 4. The largest absolute Gasteiger partial charge is 0.370 e. The molecular formula is C15H24ClN3O. The van der Waals surface area contributed by atoms with E-state index in [1.54, 1.807) is 0 Å². The average Bonchev–Trinajstić information content (AvgIpc) is 3.07. The molecule has 0 N–H and O–H groups in total. The first kappa shape index (κ1) is 14.3. The summed E-state index contributed by atoms with van der Waals surface area (Å²) in [5.41, 5.74) is 1.06. The molecule has 2 atom stereocenters. The van der Waals surface area contributed by atoms with E-state index in [0.717, 1.165) is 25.1 Å². The molecule has 2 aliphatic rings. The van der Waals surface area contributed by atoms with Gasteiger partial charge in [0.15, 0.2) is 0 Å². The maximum absolute atomic E-state index is 6.37. The van der Waals surface area contributed by atoms with Crippen molar-refractivity contribution in [2.75, 3.05) is 0 Å². The summed E-state index contributed by atoms with van der Waals surface area (Å²) in [6.45, 7) is 2.87. The summed E-state index contributed by atoms with van der Waals surface area (Å²) in [7, 11) is 0. The highest BCUT2D eigenvalue weighted by molar-refractivity contribution is 6.20. The van der Waals surface area contributed by atoms with Gasteiger partial charge in [-0.1, -0.05) is 31.4 Å². The topological polar surface area (TPSA) is 39.9 Å². The lowest BCUT2D eigenvalue weighted by molar-refractivity contribution is -0.0689. The van der Waals surface area contributed by atoms with Crippen LogP contribution in [0.5, 0.6) is 0 Å². The summed E-state index contributed by atoms with van der Waals surface area (Å²) in [5, 5.41) is 8.31. The lowest BCUT2D eigenvalue weighted by atomic mass is 9.83. The fraction of sp³-hybridized carbons (Fsp3) is 0.867. The van der Waals surface area contributed by atoms with Crippen LogP contribution in [-0.4, -0.2) is 26.7 Å². The van der Waals surface area contributed by atoms with Crippen molar-refractivity contribution in [1.82, 2.24) is 15.0 Å². The minimum absolute atomic E-state index is 0.0297. The molecule has 1 saturated heterocycles. The monoisotopic (exact) mass is 297 g/mol. The molecule has 112 valence electrons. The Morgan fingerprint density at radius 1 is 1.40 bits per heavy atom. The van der Waals surface area contributed by atoms with Crippen molar-refractivity contribution in [2.45, 2.75) is 81.9 Å². The minimum atomic E-state index is -0.0297. The molecule has 1 aliphatic carbocycles. The zero-order valence-corrected chi connectivity index (χ0v) is 13.0. The highest BCUT2D eigenvalue weighted by Crippen LogP contribution is 2.42. The zero-order chi connectivity index (χ0) is 14.0. The molecular weight excluding hydrogens is 274 g/mol. The first-order valence-corrected chi connectivity index (χ1v) is 8.36. The molecule has 4 nitrogen and oxygen atoms in total. The molecule has 0 bridgehead atoms. The molecule has 1 spiro atoms. The number of hydrogen-bond donors (Lipinski definition) is 0. The van der Waals surface area contributed by atoms with Crippen LogP contribution in [0.25, 0.3) is 0 Å². The molecule has 5 heteroatoms. The van der Waals surface area contributed by atoms with Gasteiger partial charge in [0.1, 0.15) is 5.69 Å². The summed E-state index contributed by atoms with van der Waals surface area (Å²) in [5.74, 6) is 0. The van der Waals surface area contributed by atoms with Crippen molar-refractivity contribution in [3.63, 3.8) is 0 Å². The van der Waals surface area contributed by atoms with Crippen molar-refractivity contribution in [1.29, 1.82) is 0 Å². The Balaban J connectivity index is 1.57. The summed E-state index contributed by atoms with van der Waals surface area (Å²) in [6.07, 6.45) is 12.0. The Morgan fingerprint density at radius 2 is 2.20 bits per heavy atom. The van der Waals surface area contributed by atoms with Gasteiger partial charge in [0.2, 0.25) is 0 Å². The van der Waals surface area contributed by atoms with Crippen LogP contribution in [0.3, 0.4) is 0 Å². The predicted molar refractivity (Wildman–Crippen MR) is 78.8 cm³/mol. The van der Waals surface area contributed by atoms with Crippen molar-refractivity contribution in [3.8, 4) is 0 Å². The Hall–Kier alpha value is -0.610. The van der Waals surface area contributed by atoms with Crippen molar-refractivity contribution in [2.24, 2.45) is 0 Å². The molecule has 0 amide bonds. The van der Waals surface area contributed by atoms with Gasteiger partial charge in [-0.25, -0.2) is 4.68 Å². The fourth-order valence-electron chi connectivity index (χ4n) is 3.55. The van der Waals surface area contributed by atoms with E-state index in [2.05, 4.69) is 17.2 Å². The second kappa shape index (κ2) is 6.02. The van der Waals surface area contributed by atoms with E-state index in [4.69, 9.17) is 16.3 Å². The highest BCUT2D eigenvalue weighted by atomic mass is 35.5. The molecule has 3 rings (SSSR count).